The lowest BCUT2D eigenvalue weighted by Crippen LogP contribution is -2.17. The minimum atomic E-state index is -4.59. The molecule has 0 bridgehead atoms. The minimum absolute atomic E-state index is 0.161. The van der Waals surface area contributed by atoms with Gasteiger partial charge in [0, 0.05) is 0 Å². The van der Waals surface area contributed by atoms with Gasteiger partial charge in [0.15, 0.2) is 11.5 Å². The van der Waals surface area contributed by atoms with Crippen molar-refractivity contribution in [1.29, 1.82) is 0 Å². The fourth-order valence-corrected chi connectivity index (χ4v) is 2.87. The van der Waals surface area contributed by atoms with Crippen LogP contribution in [0.4, 0.5) is 18.9 Å². The number of nitrogens with zero attached hydrogens (tertiary/aromatic N) is 4. The Bertz CT molecular complexity index is 1030. The predicted molar refractivity (Wildman–Crippen MR) is 79.1 cm³/mol. The number of halogens is 3. The fourth-order valence-electron chi connectivity index (χ4n) is 1.92. The molecule has 1 aromatic carbocycles. The molecule has 0 saturated carbocycles. The van der Waals surface area contributed by atoms with Crippen LogP contribution in [-0.4, -0.2) is 34.6 Å². The summed E-state index contributed by atoms with van der Waals surface area (Å²) in [5.41, 5.74) is -1.36. The minimum Gasteiger partial charge on any atom is -0.464 e. The summed E-state index contributed by atoms with van der Waals surface area (Å²) in [4.78, 5) is 7.18. The van der Waals surface area contributed by atoms with Crippen LogP contribution in [0.5, 0.6) is 6.01 Å². The number of fused-ring (bicyclic) bond motifs is 1. The van der Waals surface area contributed by atoms with Gasteiger partial charge in [0.2, 0.25) is 0 Å². The van der Waals surface area contributed by atoms with Gasteiger partial charge in [-0.25, -0.2) is 18.2 Å². The Morgan fingerprint density at radius 1 is 1.20 bits per heavy atom. The second kappa shape index (κ2) is 6.20. The Labute approximate surface area is 139 Å². The first kappa shape index (κ1) is 17.0. The average molecular weight is 373 g/mol. The van der Waals surface area contributed by atoms with Crippen molar-refractivity contribution in [1.82, 2.24) is 19.6 Å². The van der Waals surface area contributed by atoms with Gasteiger partial charge in [-0.3, -0.25) is 4.72 Å². The Kier molecular flexibility index (Phi) is 4.20. The van der Waals surface area contributed by atoms with Crippen molar-refractivity contribution >= 4 is 21.4 Å². The maximum atomic E-state index is 13.8. The second-order valence-corrected chi connectivity index (χ2v) is 6.23. The molecular formula is C13H10F3N5O3S. The highest BCUT2D eigenvalue weighted by Crippen LogP contribution is 2.22. The normalized spacial score (nSPS) is 11.7. The first-order chi connectivity index (χ1) is 11.8. The van der Waals surface area contributed by atoms with E-state index in [0.29, 0.717) is 0 Å². The van der Waals surface area contributed by atoms with E-state index in [1.165, 1.54) is 0 Å². The topological polar surface area (TPSA) is 98.5 Å². The van der Waals surface area contributed by atoms with E-state index in [9.17, 15) is 21.6 Å². The number of ether oxygens (including phenoxy) is 1. The molecule has 0 spiro atoms. The van der Waals surface area contributed by atoms with Crippen LogP contribution in [0, 0.1) is 17.5 Å². The number of aromatic nitrogens is 4. The molecule has 0 radical (unpaired) electrons. The third-order valence-electron chi connectivity index (χ3n) is 2.98. The lowest BCUT2D eigenvalue weighted by molar-refractivity contribution is 0.301. The summed E-state index contributed by atoms with van der Waals surface area (Å²) in [6, 6.07) is 2.62. The van der Waals surface area contributed by atoms with E-state index in [1.807, 2.05) is 0 Å². The molecule has 3 aromatic rings. The van der Waals surface area contributed by atoms with Crippen LogP contribution in [0.1, 0.15) is 6.92 Å². The molecule has 132 valence electrons. The van der Waals surface area contributed by atoms with Gasteiger partial charge in [0.1, 0.15) is 17.3 Å². The van der Waals surface area contributed by atoms with Crippen LogP contribution in [0.2, 0.25) is 0 Å². The molecule has 0 unspecified atom stereocenters. The molecule has 3 rings (SSSR count). The van der Waals surface area contributed by atoms with Crippen molar-refractivity contribution in [2.24, 2.45) is 0 Å². The van der Waals surface area contributed by atoms with Gasteiger partial charge >= 0.3 is 6.01 Å². The summed E-state index contributed by atoms with van der Waals surface area (Å²) in [6.07, 6.45) is 0.787. The molecule has 8 nitrogen and oxygen atoms in total. The molecule has 12 heteroatoms. The number of hydrogen-bond donors (Lipinski definition) is 1. The molecule has 0 aliphatic rings. The van der Waals surface area contributed by atoms with Gasteiger partial charge in [-0.05, 0) is 19.1 Å². The Balaban J connectivity index is 2.09. The second-order valence-electron chi connectivity index (χ2n) is 4.65. The number of hydrogen-bond acceptors (Lipinski definition) is 6. The molecule has 0 amide bonds. The van der Waals surface area contributed by atoms with Gasteiger partial charge in [-0.15, -0.1) is 5.10 Å². The number of nitrogens with one attached hydrogen (secondary N) is 1. The maximum Gasteiger partial charge on any atom is 0.319 e. The smallest absolute Gasteiger partial charge is 0.319 e. The highest BCUT2D eigenvalue weighted by atomic mass is 32.2. The quantitative estimate of drug-likeness (QED) is 0.732. The summed E-state index contributed by atoms with van der Waals surface area (Å²) in [5, 5.41) is 2.70. The van der Waals surface area contributed by atoms with E-state index in [2.05, 4.69) is 15.1 Å². The molecule has 0 fully saturated rings. The Hall–Kier alpha value is -2.89. The summed E-state index contributed by atoms with van der Waals surface area (Å²) < 4.78 is 73.2. The molecule has 1 N–H and O–H groups in total. The van der Waals surface area contributed by atoms with Gasteiger partial charge in [0.05, 0.1) is 12.8 Å². The molecule has 25 heavy (non-hydrogen) atoms. The van der Waals surface area contributed by atoms with E-state index < -0.39 is 44.0 Å². The molecule has 0 saturated heterocycles. The monoisotopic (exact) mass is 373 g/mol. The third-order valence-corrected chi connectivity index (χ3v) is 4.11. The van der Waals surface area contributed by atoms with Crippen molar-refractivity contribution in [3.05, 3.63) is 41.8 Å². The number of sulfonamides is 1. The first-order valence-electron chi connectivity index (χ1n) is 6.84. The summed E-state index contributed by atoms with van der Waals surface area (Å²) in [7, 11) is -4.59. The molecule has 0 aliphatic carbocycles. The zero-order valence-corrected chi connectivity index (χ0v) is 13.4. The highest BCUT2D eigenvalue weighted by molar-refractivity contribution is 7.92. The molecule has 2 aromatic heterocycles. The van der Waals surface area contributed by atoms with E-state index in [-0.39, 0.29) is 12.6 Å². The maximum absolute atomic E-state index is 13.8. The standard InChI is InChI=1S/C13H10F3N5O3S/c1-2-24-13-17-6-9(16)11-18-12(19-21(11)13)25(22,23)20-10-7(14)4-3-5-8(10)15/h3-6,20H,2H2,1H3. The number of rotatable bonds is 5. The Morgan fingerprint density at radius 3 is 2.52 bits per heavy atom. The number of benzene rings is 1. The summed E-state index contributed by atoms with van der Waals surface area (Å²) >= 11 is 0. The van der Waals surface area contributed by atoms with Crippen molar-refractivity contribution in [3.63, 3.8) is 0 Å². The van der Waals surface area contributed by atoms with E-state index >= 15 is 0 Å². The van der Waals surface area contributed by atoms with Crippen LogP contribution in [0.15, 0.2) is 29.6 Å². The van der Waals surface area contributed by atoms with Gasteiger partial charge in [-0.2, -0.15) is 17.9 Å². The van der Waals surface area contributed by atoms with E-state index in [4.69, 9.17) is 4.74 Å². The van der Waals surface area contributed by atoms with Crippen LogP contribution in [0.3, 0.4) is 0 Å². The molecule has 2 heterocycles. The number of anilines is 1. The SMILES string of the molecule is CCOc1ncc(F)c2nc(S(=O)(=O)Nc3c(F)cccc3F)nn12. The van der Waals surface area contributed by atoms with E-state index in [1.54, 1.807) is 11.6 Å². The van der Waals surface area contributed by atoms with Crippen molar-refractivity contribution in [3.8, 4) is 6.01 Å². The van der Waals surface area contributed by atoms with E-state index in [0.717, 1.165) is 28.9 Å². The van der Waals surface area contributed by atoms with Crippen molar-refractivity contribution in [2.75, 3.05) is 11.3 Å². The molecule has 0 aliphatic heterocycles. The third kappa shape index (κ3) is 3.07. The molecule has 0 atom stereocenters. The highest BCUT2D eigenvalue weighted by Gasteiger charge is 2.26. The average Bonchev–Trinajstić information content (AvgIpc) is 3.01. The summed E-state index contributed by atoms with van der Waals surface area (Å²) in [6.45, 7) is 1.79. The van der Waals surface area contributed by atoms with Gasteiger partial charge in [0.25, 0.3) is 15.2 Å². The zero-order chi connectivity index (χ0) is 18.2. The van der Waals surface area contributed by atoms with Crippen LogP contribution >= 0.6 is 0 Å². The van der Waals surface area contributed by atoms with Gasteiger partial charge in [-0.1, -0.05) is 6.07 Å². The summed E-state index contributed by atoms with van der Waals surface area (Å²) in [5.74, 6) is -3.21. The number of para-hydroxylation sites is 1. The van der Waals surface area contributed by atoms with Crippen molar-refractivity contribution < 1.29 is 26.3 Å². The Morgan fingerprint density at radius 2 is 1.88 bits per heavy atom. The zero-order valence-electron chi connectivity index (χ0n) is 12.6. The van der Waals surface area contributed by atoms with Crippen LogP contribution in [-0.2, 0) is 10.0 Å². The van der Waals surface area contributed by atoms with Crippen molar-refractivity contribution in [2.45, 2.75) is 12.1 Å². The van der Waals surface area contributed by atoms with Gasteiger partial charge < -0.3 is 4.74 Å². The lowest BCUT2D eigenvalue weighted by Gasteiger charge is -2.06. The largest absolute Gasteiger partial charge is 0.464 e. The predicted octanol–water partition coefficient (Wildman–Crippen LogP) is 1.74. The van der Waals surface area contributed by atoms with Crippen LogP contribution < -0.4 is 9.46 Å². The fraction of sp³-hybridized carbons (Fsp3) is 0.154. The van der Waals surface area contributed by atoms with Crippen LogP contribution in [0.25, 0.3) is 5.65 Å². The first-order valence-corrected chi connectivity index (χ1v) is 8.32. The lowest BCUT2D eigenvalue weighted by atomic mass is 10.3. The molecular weight excluding hydrogens is 363 g/mol.